The number of amides is 1. The Bertz CT molecular complexity index is 285. The van der Waals surface area contributed by atoms with Gasteiger partial charge in [0.15, 0.2) is 0 Å². The fourth-order valence-electron chi connectivity index (χ4n) is 2.16. The van der Waals surface area contributed by atoms with Crippen LogP contribution in [0.1, 0.15) is 46.0 Å². The Hall–Kier alpha value is -0.420. The molecular formula is C13H26N2O2S. The molecule has 2 atom stereocenters. The van der Waals surface area contributed by atoms with Crippen LogP contribution in [0.15, 0.2) is 0 Å². The van der Waals surface area contributed by atoms with E-state index in [4.69, 9.17) is 5.73 Å². The molecule has 4 nitrogen and oxygen atoms in total. The van der Waals surface area contributed by atoms with Crippen molar-refractivity contribution in [2.45, 2.75) is 58.0 Å². The van der Waals surface area contributed by atoms with Gasteiger partial charge in [0.2, 0.25) is 5.91 Å². The molecule has 0 spiro atoms. The highest BCUT2D eigenvalue weighted by Gasteiger charge is 2.21. The molecular weight excluding hydrogens is 248 g/mol. The molecule has 1 amide bonds. The maximum Gasteiger partial charge on any atom is 0.223 e. The summed E-state index contributed by atoms with van der Waals surface area (Å²) < 4.78 is 11.2. The molecule has 5 heteroatoms. The second-order valence-electron chi connectivity index (χ2n) is 5.44. The summed E-state index contributed by atoms with van der Waals surface area (Å²) in [5.41, 5.74) is 5.69. The van der Waals surface area contributed by atoms with Crippen molar-refractivity contribution in [2.24, 2.45) is 11.7 Å². The summed E-state index contributed by atoms with van der Waals surface area (Å²) in [7, 11) is -0.662. The Morgan fingerprint density at radius 2 is 1.94 bits per heavy atom. The van der Waals surface area contributed by atoms with Crippen LogP contribution in [0.4, 0.5) is 0 Å². The molecule has 0 aromatic rings. The van der Waals surface area contributed by atoms with Crippen LogP contribution < -0.4 is 11.1 Å². The number of nitrogens with two attached hydrogens (primary N) is 1. The number of hydrogen-bond acceptors (Lipinski definition) is 3. The summed E-state index contributed by atoms with van der Waals surface area (Å²) >= 11 is 0. The fourth-order valence-corrected chi connectivity index (χ4v) is 3.46. The molecule has 1 fully saturated rings. The molecule has 3 N–H and O–H groups in total. The van der Waals surface area contributed by atoms with Crippen LogP contribution >= 0.6 is 0 Å². The van der Waals surface area contributed by atoms with E-state index in [2.05, 4.69) is 5.32 Å². The predicted molar refractivity (Wildman–Crippen MR) is 75.7 cm³/mol. The third kappa shape index (κ3) is 5.96. The molecule has 0 bridgehead atoms. The first-order chi connectivity index (χ1) is 8.49. The zero-order valence-electron chi connectivity index (χ0n) is 11.5. The maximum atomic E-state index is 12.0. The number of carbonyl (C=O) groups excluding carboxylic acids is 1. The van der Waals surface area contributed by atoms with Gasteiger partial charge in [0.05, 0.1) is 0 Å². The summed E-state index contributed by atoms with van der Waals surface area (Å²) in [5.74, 6) is 1.64. The van der Waals surface area contributed by atoms with Gasteiger partial charge in [0.25, 0.3) is 0 Å². The van der Waals surface area contributed by atoms with E-state index in [1.165, 1.54) is 0 Å². The predicted octanol–water partition coefficient (Wildman–Crippen LogP) is 1.17. The third-order valence-corrected chi connectivity index (χ3v) is 4.86. The van der Waals surface area contributed by atoms with Crippen molar-refractivity contribution in [1.82, 2.24) is 5.32 Å². The molecule has 0 radical (unpaired) electrons. The first kappa shape index (κ1) is 15.6. The van der Waals surface area contributed by atoms with Crippen molar-refractivity contribution in [3.8, 4) is 0 Å². The Morgan fingerprint density at radius 3 is 2.50 bits per heavy atom. The molecule has 0 saturated carbocycles. The van der Waals surface area contributed by atoms with E-state index >= 15 is 0 Å². The van der Waals surface area contributed by atoms with Gasteiger partial charge >= 0.3 is 0 Å². The lowest BCUT2D eigenvalue weighted by molar-refractivity contribution is -0.125. The standard InChI is InChI=1S/C13H26N2O2S/c1-10(4-3-5-11(2)14)13(16)15-12-6-8-18(17)9-7-12/h10-12H,3-9,14H2,1-2H3,(H,15,16). The highest BCUT2D eigenvalue weighted by atomic mass is 32.2. The molecule has 106 valence electrons. The van der Waals surface area contributed by atoms with E-state index in [0.29, 0.717) is 0 Å². The van der Waals surface area contributed by atoms with E-state index in [1.54, 1.807) is 0 Å². The SMILES string of the molecule is CC(N)CCCC(C)C(=O)NC1CCS(=O)CC1. The largest absolute Gasteiger partial charge is 0.353 e. The van der Waals surface area contributed by atoms with E-state index in [9.17, 15) is 9.00 Å². The number of nitrogens with one attached hydrogen (secondary N) is 1. The van der Waals surface area contributed by atoms with Crippen molar-refractivity contribution < 1.29 is 9.00 Å². The van der Waals surface area contributed by atoms with E-state index in [0.717, 1.165) is 43.6 Å². The van der Waals surface area contributed by atoms with Crippen LogP contribution in [0.5, 0.6) is 0 Å². The van der Waals surface area contributed by atoms with E-state index in [1.807, 2.05) is 13.8 Å². The van der Waals surface area contributed by atoms with E-state index < -0.39 is 10.8 Å². The summed E-state index contributed by atoms with van der Waals surface area (Å²) in [5, 5.41) is 3.07. The zero-order chi connectivity index (χ0) is 13.5. The van der Waals surface area contributed by atoms with Gasteiger partial charge in [-0.15, -0.1) is 0 Å². The van der Waals surface area contributed by atoms with Crippen LogP contribution in [0.3, 0.4) is 0 Å². The van der Waals surface area contributed by atoms with Crippen molar-refractivity contribution in [2.75, 3.05) is 11.5 Å². The molecule has 2 unspecified atom stereocenters. The summed E-state index contributed by atoms with van der Waals surface area (Å²) in [6.07, 6.45) is 4.57. The molecule has 1 aliphatic heterocycles. The monoisotopic (exact) mass is 274 g/mol. The number of rotatable bonds is 6. The van der Waals surface area contributed by atoms with Crippen molar-refractivity contribution in [3.63, 3.8) is 0 Å². The highest BCUT2D eigenvalue weighted by molar-refractivity contribution is 7.85. The summed E-state index contributed by atoms with van der Waals surface area (Å²) in [4.78, 5) is 12.0. The first-order valence-electron chi connectivity index (χ1n) is 6.90. The molecule has 1 heterocycles. The van der Waals surface area contributed by atoms with Crippen LogP contribution in [0, 0.1) is 5.92 Å². The Morgan fingerprint density at radius 1 is 1.33 bits per heavy atom. The van der Waals surface area contributed by atoms with Crippen LogP contribution in [-0.4, -0.2) is 33.7 Å². The van der Waals surface area contributed by atoms with Gasteiger partial charge in [-0.2, -0.15) is 0 Å². The van der Waals surface area contributed by atoms with Gasteiger partial charge in [-0.3, -0.25) is 9.00 Å². The average Bonchev–Trinajstić information content (AvgIpc) is 2.31. The molecule has 18 heavy (non-hydrogen) atoms. The number of hydrogen-bond donors (Lipinski definition) is 2. The van der Waals surface area contributed by atoms with Crippen molar-refractivity contribution >= 4 is 16.7 Å². The van der Waals surface area contributed by atoms with Gasteiger partial charge in [-0.25, -0.2) is 0 Å². The van der Waals surface area contributed by atoms with Gasteiger partial charge in [-0.05, 0) is 32.6 Å². The average molecular weight is 274 g/mol. The minimum absolute atomic E-state index is 0.0520. The molecule has 0 aliphatic carbocycles. The van der Waals surface area contributed by atoms with Gasteiger partial charge < -0.3 is 11.1 Å². The second-order valence-corrected chi connectivity index (χ2v) is 7.14. The highest BCUT2D eigenvalue weighted by Crippen LogP contribution is 2.13. The summed E-state index contributed by atoms with van der Waals surface area (Å²) in [6, 6.07) is 0.444. The molecule has 0 aromatic heterocycles. The van der Waals surface area contributed by atoms with Gasteiger partial charge in [0, 0.05) is 40.3 Å². The van der Waals surface area contributed by atoms with Crippen molar-refractivity contribution in [1.29, 1.82) is 0 Å². The lowest BCUT2D eigenvalue weighted by Crippen LogP contribution is -2.41. The Kier molecular flexibility index (Phi) is 6.86. The lowest BCUT2D eigenvalue weighted by Gasteiger charge is -2.24. The minimum Gasteiger partial charge on any atom is -0.353 e. The van der Waals surface area contributed by atoms with E-state index in [-0.39, 0.29) is 23.9 Å². The Labute approximate surface area is 113 Å². The Balaban J connectivity index is 2.20. The lowest BCUT2D eigenvalue weighted by atomic mass is 10.0. The molecule has 1 aliphatic rings. The molecule has 0 aromatic carbocycles. The van der Waals surface area contributed by atoms with Gasteiger partial charge in [-0.1, -0.05) is 13.3 Å². The smallest absolute Gasteiger partial charge is 0.223 e. The van der Waals surface area contributed by atoms with Crippen molar-refractivity contribution in [3.05, 3.63) is 0 Å². The van der Waals surface area contributed by atoms with Crippen LogP contribution in [0.2, 0.25) is 0 Å². The minimum atomic E-state index is -0.662. The van der Waals surface area contributed by atoms with Gasteiger partial charge in [0.1, 0.15) is 0 Å². The first-order valence-corrected chi connectivity index (χ1v) is 8.38. The zero-order valence-corrected chi connectivity index (χ0v) is 12.3. The number of carbonyl (C=O) groups is 1. The molecule has 1 rings (SSSR count). The summed E-state index contributed by atoms with van der Waals surface area (Å²) in [6.45, 7) is 3.96. The fraction of sp³-hybridized carbons (Fsp3) is 0.923. The normalized spacial score (nSPS) is 27.5. The van der Waals surface area contributed by atoms with Crippen LogP contribution in [-0.2, 0) is 15.6 Å². The topological polar surface area (TPSA) is 72.2 Å². The molecule has 1 saturated heterocycles. The second kappa shape index (κ2) is 7.89. The third-order valence-electron chi connectivity index (χ3n) is 3.48. The van der Waals surface area contributed by atoms with Crippen LogP contribution in [0.25, 0.3) is 0 Å². The maximum absolute atomic E-state index is 12.0. The quantitative estimate of drug-likeness (QED) is 0.763.